The maximum absolute atomic E-state index is 13.0. The third-order valence-corrected chi connectivity index (χ3v) is 6.59. The van der Waals surface area contributed by atoms with Crippen LogP contribution in [0.2, 0.25) is 0 Å². The topological polar surface area (TPSA) is 44.8 Å². The minimum atomic E-state index is -0.165. The van der Waals surface area contributed by atoms with E-state index in [1.54, 1.807) is 0 Å². The van der Waals surface area contributed by atoms with Crippen LogP contribution in [0, 0.1) is 5.92 Å². The third-order valence-electron chi connectivity index (χ3n) is 6.59. The number of fused-ring (bicyclic) bond motifs is 2. The maximum Gasteiger partial charge on any atom is 0.207 e. The zero-order valence-corrected chi connectivity index (χ0v) is 18.3. The summed E-state index contributed by atoms with van der Waals surface area (Å²) in [6, 6.07) is 22.5. The maximum atomic E-state index is 13.0. The molecule has 32 heavy (non-hydrogen) atoms. The van der Waals surface area contributed by atoms with Gasteiger partial charge in [-0.3, -0.25) is 4.79 Å². The Balaban J connectivity index is 1.21. The molecule has 0 N–H and O–H groups in total. The van der Waals surface area contributed by atoms with Gasteiger partial charge in [0.25, 0.3) is 0 Å². The number of Topliss-reactive ketones (excluding diaryl/α,β-unsaturated/α-hetero) is 1. The molecule has 0 bridgehead atoms. The number of allylic oxidation sites excluding steroid dienone is 1. The number of hydrogen-bond donors (Lipinski definition) is 0. The van der Waals surface area contributed by atoms with Crippen molar-refractivity contribution in [1.29, 1.82) is 0 Å². The van der Waals surface area contributed by atoms with E-state index in [4.69, 9.17) is 14.2 Å². The summed E-state index contributed by atoms with van der Waals surface area (Å²) in [5.74, 6) is 0.831. The van der Waals surface area contributed by atoms with Crippen molar-refractivity contribution in [2.75, 3.05) is 0 Å². The highest BCUT2D eigenvalue weighted by molar-refractivity contribution is 5.96. The van der Waals surface area contributed by atoms with Gasteiger partial charge in [-0.2, -0.15) is 0 Å². The summed E-state index contributed by atoms with van der Waals surface area (Å²) in [7, 11) is 0. The summed E-state index contributed by atoms with van der Waals surface area (Å²) in [4.78, 5) is 13.0. The van der Waals surface area contributed by atoms with Gasteiger partial charge >= 0.3 is 0 Å². The largest absolute Gasteiger partial charge is 0.493 e. The highest BCUT2D eigenvalue weighted by atomic mass is 16.5. The molecule has 3 unspecified atom stereocenters. The van der Waals surface area contributed by atoms with Crippen LogP contribution in [-0.4, -0.2) is 18.0 Å². The molecule has 1 fully saturated rings. The summed E-state index contributed by atoms with van der Waals surface area (Å²) in [6.45, 7) is 2.68. The van der Waals surface area contributed by atoms with Crippen molar-refractivity contribution in [2.24, 2.45) is 5.92 Å². The lowest BCUT2D eigenvalue weighted by molar-refractivity contribution is -0.134. The molecule has 0 radical (unpaired) electrons. The zero-order chi connectivity index (χ0) is 21.9. The van der Waals surface area contributed by atoms with E-state index in [9.17, 15) is 4.79 Å². The summed E-state index contributed by atoms with van der Waals surface area (Å²) in [5.41, 5.74) is 2.43. The van der Waals surface area contributed by atoms with E-state index in [2.05, 4.69) is 49.4 Å². The first-order valence-corrected chi connectivity index (χ1v) is 11.5. The Hall–Kier alpha value is -3.11. The van der Waals surface area contributed by atoms with Crippen LogP contribution in [0.25, 0.3) is 10.8 Å². The van der Waals surface area contributed by atoms with Crippen molar-refractivity contribution in [3.05, 3.63) is 89.9 Å². The highest BCUT2D eigenvalue weighted by Gasteiger charge is 2.41. The number of benzene rings is 3. The van der Waals surface area contributed by atoms with Gasteiger partial charge in [0.2, 0.25) is 11.5 Å². The van der Waals surface area contributed by atoms with Gasteiger partial charge in [-0.15, -0.1) is 0 Å². The van der Waals surface area contributed by atoms with E-state index < -0.39 is 0 Å². The number of ether oxygens (including phenoxy) is 3. The number of carbonyl (C=O) groups excluding carboxylic acids is 1. The molecule has 3 aromatic carbocycles. The minimum absolute atomic E-state index is 0.0355. The molecule has 164 valence electrons. The molecular formula is C28H28O4. The van der Waals surface area contributed by atoms with E-state index in [-0.39, 0.29) is 23.9 Å². The van der Waals surface area contributed by atoms with Crippen LogP contribution in [0.4, 0.5) is 0 Å². The molecule has 4 heteroatoms. The van der Waals surface area contributed by atoms with Crippen LogP contribution in [0.15, 0.2) is 78.8 Å². The fourth-order valence-corrected chi connectivity index (χ4v) is 4.70. The first-order chi connectivity index (χ1) is 15.7. The number of aryl methyl sites for hydroxylation is 1. The van der Waals surface area contributed by atoms with Gasteiger partial charge in [0.05, 0.1) is 18.6 Å². The number of ketones is 1. The number of rotatable bonds is 6. The fourth-order valence-electron chi connectivity index (χ4n) is 4.70. The van der Waals surface area contributed by atoms with Crippen LogP contribution in [0.5, 0.6) is 5.75 Å². The predicted octanol–water partition coefficient (Wildman–Crippen LogP) is 5.98. The van der Waals surface area contributed by atoms with Crippen LogP contribution >= 0.6 is 0 Å². The Morgan fingerprint density at radius 2 is 1.78 bits per heavy atom. The van der Waals surface area contributed by atoms with Gasteiger partial charge in [-0.25, -0.2) is 0 Å². The van der Waals surface area contributed by atoms with Crippen molar-refractivity contribution >= 4 is 16.6 Å². The monoisotopic (exact) mass is 428 g/mol. The van der Waals surface area contributed by atoms with Gasteiger partial charge in [0, 0.05) is 6.42 Å². The number of carbonyl (C=O) groups is 1. The molecule has 1 saturated carbocycles. The molecule has 1 aliphatic heterocycles. The standard InChI is InChI=1S/C28H28O4/c1-2-19-10-12-22(13-11-19)32-27-18-31-26-16-23(14-15-25(26)28(27)29)30-17-21-8-5-7-20-6-3-4-9-24(20)21/h3-13,18,23,25-26H,2,14-17H2,1H3. The molecule has 4 nitrogen and oxygen atoms in total. The summed E-state index contributed by atoms with van der Waals surface area (Å²) < 4.78 is 18.1. The molecule has 1 heterocycles. The second kappa shape index (κ2) is 9.17. The Kier molecular flexibility index (Phi) is 5.95. The summed E-state index contributed by atoms with van der Waals surface area (Å²) in [6.07, 6.45) is 4.71. The summed E-state index contributed by atoms with van der Waals surface area (Å²) >= 11 is 0. The first kappa shape index (κ1) is 20.8. The quantitative estimate of drug-likeness (QED) is 0.485. The van der Waals surface area contributed by atoms with Gasteiger partial charge in [0.15, 0.2) is 0 Å². The molecular weight excluding hydrogens is 400 g/mol. The average Bonchev–Trinajstić information content (AvgIpc) is 2.85. The van der Waals surface area contributed by atoms with Crippen molar-refractivity contribution in [3.8, 4) is 5.75 Å². The molecule has 1 aliphatic carbocycles. The highest BCUT2D eigenvalue weighted by Crippen LogP contribution is 2.35. The lowest BCUT2D eigenvalue weighted by atomic mass is 9.80. The first-order valence-electron chi connectivity index (χ1n) is 11.5. The lowest BCUT2D eigenvalue weighted by Gasteiger charge is -2.37. The van der Waals surface area contributed by atoms with E-state index in [0.717, 1.165) is 25.7 Å². The van der Waals surface area contributed by atoms with Crippen LogP contribution in [-0.2, 0) is 27.3 Å². The Morgan fingerprint density at radius 3 is 2.62 bits per heavy atom. The molecule has 0 amide bonds. The smallest absolute Gasteiger partial charge is 0.207 e. The lowest BCUT2D eigenvalue weighted by Crippen LogP contribution is -2.42. The molecule has 0 spiro atoms. The molecule has 0 aromatic heterocycles. The average molecular weight is 429 g/mol. The van der Waals surface area contributed by atoms with Gasteiger partial charge < -0.3 is 14.2 Å². The van der Waals surface area contributed by atoms with E-state index in [1.165, 1.54) is 28.2 Å². The summed E-state index contributed by atoms with van der Waals surface area (Å²) in [5, 5.41) is 2.45. The van der Waals surface area contributed by atoms with Crippen molar-refractivity contribution in [2.45, 2.75) is 51.4 Å². The molecule has 3 aromatic rings. The van der Waals surface area contributed by atoms with E-state index in [0.29, 0.717) is 18.1 Å². The van der Waals surface area contributed by atoms with Crippen molar-refractivity contribution in [3.63, 3.8) is 0 Å². The fraction of sp³-hybridized carbons (Fsp3) is 0.321. The van der Waals surface area contributed by atoms with Crippen LogP contribution in [0.1, 0.15) is 37.3 Å². The normalized spacial score (nSPS) is 22.7. The van der Waals surface area contributed by atoms with Crippen molar-refractivity contribution < 1.29 is 19.0 Å². The Labute approximate surface area is 188 Å². The molecule has 2 aliphatic rings. The second-order valence-corrected chi connectivity index (χ2v) is 8.61. The van der Waals surface area contributed by atoms with Crippen LogP contribution < -0.4 is 4.74 Å². The molecule has 0 saturated heterocycles. The Morgan fingerprint density at radius 1 is 0.969 bits per heavy atom. The van der Waals surface area contributed by atoms with Gasteiger partial charge in [0.1, 0.15) is 18.1 Å². The van der Waals surface area contributed by atoms with Gasteiger partial charge in [-0.1, -0.05) is 61.5 Å². The Bertz CT molecular complexity index is 1130. The predicted molar refractivity (Wildman–Crippen MR) is 124 cm³/mol. The zero-order valence-electron chi connectivity index (χ0n) is 18.3. The third kappa shape index (κ3) is 4.28. The molecule has 3 atom stereocenters. The number of hydrogen-bond acceptors (Lipinski definition) is 4. The SMILES string of the molecule is CCc1ccc(OC2=COC3CC(OCc4cccc5ccccc45)CCC3C2=O)cc1. The van der Waals surface area contributed by atoms with Crippen molar-refractivity contribution in [1.82, 2.24) is 0 Å². The van der Waals surface area contributed by atoms with Crippen LogP contribution in [0.3, 0.4) is 0 Å². The van der Waals surface area contributed by atoms with E-state index >= 15 is 0 Å². The van der Waals surface area contributed by atoms with Gasteiger partial charge in [-0.05, 0) is 53.3 Å². The second-order valence-electron chi connectivity index (χ2n) is 8.61. The molecule has 5 rings (SSSR count). The minimum Gasteiger partial charge on any atom is -0.493 e. The van der Waals surface area contributed by atoms with E-state index in [1.807, 2.05) is 24.3 Å².